The van der Waals surface area contributed by atoms with E-state index < -0.39 is 0 Å². The van der Waals surface area contributed by atoms with E-state index in [1.54, 1.807) is 29.9 Å². The van der Waals surface area contributed by atoms with E-state index in [1.165, 1.54) is 6.07 Å². The highest BCUT2D eigenvalue weighted by atomic mass is 19.1. The Morgan fingerprint density at radius 1 is 1.15 bits per heavy atom. The highest BCUT2D eigenvalue weighted by Crippen LogP contribution is 2.19. The van der Waals surface area contributed by atoms with Crippen molar-refractivity contribution in [3.63, 3.8) is 0 Å². The van der Waals surface area contributed by atoms with Gasteiger partial charge in [0.25, 0.3) is 0 Å². The van der Waals surface area contributed by atoms with Crippen LogP contribution in [0.15, 0.2) is 48.5 Å². The summed E-state index contributed by atoms with van der Waals surface area (Å²) in [6.07, 6.45) is 0.0215. The second-order valence-electron chi connectivity index (χ2n) is 4.68. The van der Waals surface area contributed by atoms with Gasteiger partial charge in [-0.05, 0) is 17.7 Å². The maximum atomic E-state index is 13.6. The van der Waals surface area contributed by atoms with Crippen molar-refractivity contribution in [3.8, 4) is 0 Å². The Morgan fingerprint density at radius 2 is 1.85 bits per heavy atom. The van der Waals surface area contributed by atoms with Crippen LogP contribution in [0.2, 0.25) is 0 Å². The minimum atomic E-state index is -0.360. The molecule has 1 heterocycles. The SMILES string of the molecule is Cn1nc(C(=O)Cc2ccccc2F)c2ccccc21. The normalized spacial score (nSPS) is 10.9. The maximum absolute atomic E-state index is 13.6. The van der Waals surface area contributed by atoms with Gasteiger partial charge in [-0.1, -0.05) is 36.4 Å². The smallest absolute Gasteiger partial charge is 0.188 e. The van der Waals surface area contributed by atoms with Gasteiger partial charge in [-0.3, -0.25) is 9.48 Å². The molecule has 0 saturated carbocycles. The molecule has 100 valence electrons. The molecule has 0 bridgehead atoms. The van der Waals surface area contributed by atoms with Gasteiger partial charge in [0.1, 0.15) is 11.5 Å². The Labute approximate surface area is 115 Å². The molecular formula is C16H13FN2O. The van der Waals surface area contributed by atoms with Crippen LogP contribution in [-0.4, -0.2) is 15.6 Å². The molecule has 4 heteroatoms. The van der Waals surface area contributed by atoms with Gasteiger partial charge in [-0.15, -0.1) is 0 Å². The number of aryl methyl sites for hydroxylation is 1. The molecule has 0 atom stereocenters. The highest BCUT2D eigenvalue weighted by Gasteiger charge is 2.17. The lowest BCUT2D eigenvalue weighted by Gasteiger charge is -2.00. The van der Waals surface area contributed by atoms with Crippen LogP contribution in [0.5, 0.6) is 0 Å². The monoisotopic (exact) mass is 268 g/mol. The van der Waals surface area contributed by atoms with Crippen molar-refractivity contribution in [1.82, 2.24) is 9.78 Å². The van der Waals surface area contributed by atoms with Gasteiger partial charge in [-0.2, -0.15) is 5.10 Å². The third kappa shape index (κ3) is 2.09. The molecule has 1 aromatic heterocycles. The number of benzene rings is 2. The number of hydrogen-bond donors (Lipinski definition) is 0. The van der Waals surface area contributed by atoms with E-state index in [4.69, 9.17) is 0 Å². The van der Waals surface area contributed by atoms with Crippen molar-refractivity contribution < 1.29 is 9.18 Å². The number of nitrogens with zero attached hydrogens (tertiary/aromatic N) is 2. The summed E-state index contributed by atoms with van der Waals surface area (Å²) >= 11 is 0. The Bertz CT molecular complexity index is 792. The summed E-state index contributed by atoms with van der Waals surface area (Å²) < 4.78 is 15.3. The summed E-state index contributed by atoms with van der Waals surface area (Å²) in [6, 6.07) is 13.8. The molecule has 20 heavy (non-hydrogen) atoms. The number of halogens is 1. The second kappa shape index (κ2) is 4.89. The van der Waals surface area contributed by atoms with Gasteiger partial charge < -0.3 is 0 Å². The molecule has 3 aromatic rings. The van der Waals surface area contributed by atoms with E-state index in [-0.39, 0.29) is 18.0 Å². The predicted molar refractivity (Wildman–Crippen MR) is 75.1 cm³/mol. The first-order chi connectivity index (χ1) is 9.66. The summed E-state index contributed by atoms with van der Waals surface area (Å²) in [5.41, 5.74) is 1.68. The lowest BCUT2D eigenvalue weighted by Crippen LogP contribution is -2.07. The lowest BCUT2D eigenvalue weighted by molar-refractivity contribution is 0.0988. The number of aromatic nitrogens is 2. The summed E-state index contributed by atoms with van der Waals surface area (Å²) in [5.74, 6) is -0.534. The summed E-state index contributed by atoms with van der Waals surface area (Å²) in [5, 5.41) is 5.06. The number of Topliss-reactive ketones (excluding diaryl/α,β-unsaturated/α-hetero) is 1. The molecule has 0 aliphatic carbocycles. The van der Waals surface area contributed by atoms with E-state index in [0.717, 1.165) is 10.9 Å². The molecule has 0 fully saturated rings. The van der Waals surface area contributed by atoms with Gasteiger partial charge in [0.05, 0.1) is 5.52 Å². The molecule has 0 aliphatic heterocycles. The Morgan fingerprint density at radius 3 is 2.65 bits per heavy atom. The summed E-state index contributed by atoms with van der Waals surface area (Å²) in [4.78, 5) is 12.4. The van der Waals surface area contributed by atoms with Gasteiger partial charge in [0.15, 0.2) is 5.78 Å². The second-order valence-corrected chi connectivity index (χ2v) is 4.68. The van der Waals surface area contributed by atoms with Gasteiger partial charge in [0.2, 0.25) is 0 Å². The number of ketones is 1. The molecule has 2 aromatic carbocycles. The minimum absolute atomic E-state index is 0.0215. The van der Waals surface area contributed by atoms with Crippen LogP contribution in [0.4, 0.5) is 4.39 Å². The van der Waals surface area contributed by atoms with Crippen LogP contribution in [0, 0.1) is 5.82 Å². The number of carbonyl (C=O) groups is 1. The molecular weight excluding hydrogens is 255 g/mol. The fourth-order valence-corrected chi connectivity index (χ4v) is 2.32. The molecule has 0 amide bonds. The molecule has 0 N–H and O–H groups in total. The zero-order valence-corrected chi connectivity index (χ0v) is 11.0. The van der Waals surface area contributed by atoms with Crippen LogP contribution in [0.3, 0.4) is 0 Å². The maximum Gasteiger partial charge on any atom is 0.188 e. The molecule has 3 rings (SSSR count). The first-order valence-corrected chi connectivity index (χ1v) is 6.35. The third-order valence-corrected chi connectivity index (χ3v) is 3.33. The summed E-state index contributed by atoms with van der Waals surface area (Å²) in [7, 11) is 1.79. The Kier molecular flexibility index (Phi) is 3.06. The van der Waals surface area contributed by atoms with E-state index in [0.29, 0.717) is 11.3 Å². The van der Waals surface area contributed by atoms with E-state index in [1.807, 2.05) is 24.3 Å². The fourth-order valence-electron chi connectivity index (χ4n) is 2.32. The van der Waals surface area contributed by atoms with Crippen molar-refractivity contribution in [1.29, 1.82) is 0 Å². The average Bonchev–Trinajstić information content (AvgIpc) is 2.79. The van der Waals surface area contributed by atoms with E-state index in [2.05, 4.69) is 5.10 Å². The molecule has 3 nitrogen and oxygen atoms in total. The molecule has 0 aliphatic rings. The average molecular weight is 268 g/mol. The van der Waals surface area contributed by atoms with Crippen molar-refractivity contribution in [2.24, 2.45) is 7.05 Å². The quantitative estimate of drug-likeness (QED) is 0.684. The van der Waals surface area contributed by atoms with Crippen molar-refractivity contribution >= 4 is 16.7 Å². The topological polar surface area (TPSA) is 34.9 Å². The number of carbonyl (C=O) groups excluding carboxylic acids is 1. The number of fused-ring (bicyclic) bond motifs is 1. The van der Waals surface area contributed by atoms with Crippen LogP contribution in [-0.2, 0) is 13.5 Å². The first kappa shape index (κ1) is 12.5. The number of para-hydroxylation sites is 1. The zero-order chi connectivity index (χ0) is 14.1. The predicted octanol–water partition coefficient (Wildman–Crippen LogP) is 3.14. The first-order valence-electron chi connectivity index (χ1n) is 6.35. The largest absolute Gasteiger partial charge is 0.292 e. The lowest BCUT2D eigenvalue weighted by atomic mass is 10.0. The standard InChI is InChI=1S/C16H13FN2O/c1-19-14-9-5-3-7-12(14)16(18-19)15(20)10-11-6-2-4-8-13(11)17/h2-9H,10H2,1H3. The Hall–Kier alpha value is -2.49. The van der Waals surface area contributed by atoms with Crippen molar-refractivity contribution in [2.75, 3.05) is 0 Å². The number of rotatable bonds is 3. The zero-order valence-electron chi connectivity index (χ0n) is 11.0. The summed E-state index contributed by atoms with van der Waals surface area (Å²) in [6.45, 7) is 0. The molecule has 0 unspecified atom stereocenters. The van der Waals surface area contributed by atoms with Crippen LogP contribution in [0.1, 0.15) is 16.1 Å². The van der Waals surface area contributed by atoms with Crippen LogP contribution in [0.25, 0.3) is 10.9 Å². The highest BCUT2D eigenvalue weighted by molar-refractivity contribution is 6.06. The molecule has 0 spiro atoms. The van der Waals surface area contributed by atoms with Gasteiger partial charge >= 0.3 is 0 Å². The van der Waals surface area contributed by atoms with E-state index >= 15 is 0 Å². The van der Waals surface area contributed by atoms with Crippen LogP contribution < -0.4 is 0 Å². The van der Waals surface area contributed by atoms with Crippen LogP contribution >= 0.6 is 0 Å². The molecule has 0 radical (unpaired) electrons. The van der Waals surface area contributed by atoms with Crippen molar-refractivity contribution in [3.05, 3.63) is 65.6 Å². The van der Waals surface area contributed by atoms with E-state index in [9.17, 15) is 9.18 Å². The van der Waals surface area contributed by atoms with Crippen molar-refractivity contribution in [2.45, 2.75) is 6.42 Å². The minimum Gasteiger partial charge on any atom is -0.292 e. The number of hydrogen-bond acceptors (Lipinski definition) is 2. The third-order valence-electron chi connectivity index (χ3n) is 3.33. The Balaban J connectivity index is 2.00. The molecule has 0 saturated heterocycles. The van der Waals surface area contributed by atoms with Gasteiger partial charge in [0, 0.05) is 18.9 Å². The fraction of sp³-hybridized carbons (Fsp3) is 0.125. The van der Waals surface area contributed by atoms with Gasteiger partial charge in [-0.25, -0.2) is 4.39 Å².